The zero-order valence-electron chi connectivity index (χ0n) is 19.2. The molecule has 0 bridgehead atoms. The number of ether oxygens (including phenoxy) is 1. The summed E-state index contributed by atoms with van der Waals surface area (Å²) in [5, 5.41) is 5.44. The minimum Gasteiger partial charge on any atom is -0.486 e. The van der Waals surface area contributed by atoms with Crippen molar-refractivity contribution in [2.24, 2.45) is 5.10 Å². The van der Waals surface area contributed by atoms with E-state index in [9.17, 15) is 4.79 Å². The van der Waals surface area contributed by atoms with Crippen molar-refractivity contribution in [2.75, 3.05) is 0 Å². The smallest absolute Gasteiger partial charge is 0.282 e. The van der Waals surface area contributed by atoms with Crippen molar-refractivity contribution in [3.63, 3.8) is 0 Å². The molecule has 0 saturated heterocycles. The number of benzene rings is 3. The summed E-state index contributed by atoms with van der Waals surface area (Å²) in [6, 6.07) is 15.0. The Hall–Kier alpha value is -1.52. The van der Waals surface area contributed by atoms with Gasteiger partial charge in [-0.2, -0.15) is 9.78 Å². The third kappa shape index (κ3) is 6.13. The SMILES string of the molecule is CC[C@@H](C)c1nc2ccc(Br)cc2c(=O)n1N=Cc1cc(Cl)c(OCc2ccc(Br)cc2Br)c(Br)c1. The molecule has 10 heteroatoms. The molecule has 36 heavy (non-hydrogen) atoms. The number of hydrogen-bond acceptors (Lipinski definition) is 4. The quantitative estimate of drug-likeness (QED) is 0.177. The highest BCUT2D eigenvalue weighted by atomic mass is 79.9. The number of nitrogens with zero attached hydrogens (tertiary/aromatic N) is 3. The fourth-order valence-electron chi connectivity index (χ4n) is 3.48. The number of halogens is 5. The first-order valence-corrected chi connectivity index (χ1v) is 14.5. The monoisotopic (exact) mass is 757 g/mol. The van der Waals surface area contributed by atoms with E-state index in [0.29, 0.717) is 44.1 Å². The normalized spacial score (nSPS) is 12.4. The zero-order valence-corrected chi connectivity index (χ0v) is 26.3. The first-order chi connectivity index (χ1) is 17.2. The average molecular weight is 762 g/mol. The van der Waals surface area contributed by atoms with Gasteiger partial charge in [-0.3, -0.25) is 4.79 Å². The van der Waals surface area contributed by atoms with E-state index in [1.807, 2.05) is 43.3 Å². The van der Waals surface area contributed by atoms with Crippen molar-refractivity contribution in [1.82, 2.24) is 9.66 Å². The minimum atomic E-state index is -0.224. The van der Waals surface area contributed by atoms with Crippen molar-refractivity contribution in [2.45, 2.75) is 32.8 Å². The molecule has 3 aromatic carbocycles. The Bertz CT molecular complexity index is 1520. The molecule has 1 atom stereocenters. The van der Waals surface area contributed by atoms with Gasteiger partial charge in [-0.25, -0.2) is 4.98 Å². The van der Waals surface area contributed by atoms with Gasteiger partial charge in [-0.15, -0.1) is 0 Å². The molecule has 0 spiro atoms. The Kier molecular flexibility index (Phi) is 9.09. The lowest BCUT2D eigenvalue weighted by Crippen LogP contribution is -2.23. The summed E-state index contributed by atoms with van der Waals surface area (Å²) in [7, 11) is 0. The summed E-state index contributed by atoms with van der Waals surface area (Å²) in [5.41, 5.74) is 2.12. The van der Waals surface area contributed by atoms with E-state index < -0.39 is 0 Å². The molecule has 5 nitrogen and oxygen atoms in total. The van der Waals surface area contributed by atoms with Crippen LogP contribution in [0.25, 0.3) is 10.9 Å². The zero-order chi connectivity index (χ0) is 26.0. The molecular weight excluding hydrogens is 741 g/mol. The standard InChI is InChI=1S/C26H20Br4ClN3O2/c1-3-14(2)25-33-23-7-6-17(27)10-19(23)26(35)34(25)32-12-15-8-21(30)24(22(31)9-15)36-13-16-4-5-18(28)11-20(16)29/h4-12,14H,3,13H2,1-2H3/t14-/m1/s1. The van der Waals surface area contributed by atoms with E-state index in [1.165, 1.54) is 4.68 Å². The van der Waals surface area contributed by atoms with Gasteiger partial charge in [0.05, 0.1) is 26.6 Å². The van der Waals surface area contributed by atoms with Crippen molar-refractivity contribution < 1.29 is 4.74 Å². The molecule has 0 amide bonds. The van der Waals surface area contributed by atoms with Gasteiger partial charge in [0.15, 0.2) is 5.75 Å². The van der Waals surface area contributed by atoms with E-state index >= 15 is 0 Å². The van der Waals surface area contributed by atoms with Gasteiger partial charge in [-0.1, -0.05) is 79.3 Å². The molecule has 186 valence electrons. The molecule has 0 N–H and O–H groups in total. The van der Waals surface area contributed by atoms with Crippen molar-refractivity contribution >= 4 is 92.4 Å². The van der Waals surface area contributed by atoms with Gasteiger partial charge < -0.3 is 4.74 Å². The van der Waals surface area contributed by atoms with Crippen LogP contribution in [-0.2, 0) is 6.61 Å². The molecule has 1 aromatic heterocycles. The molecule has 0 aliphatic rings. The maximum atomic E-state index is 13.3. The van der Waals surface area contributed by atoms with Crippen LogP contribution in [0.5, 0.6) is 5.75 Å². The highest BCUT2D eigenvalue weighted by Crippen LogP contribution is 2.35. The first-order valence-electron chi connectivity index (χ1n) is 11.0. The van der Waals surface area contributed by atoms with E-state index in [2.05, 4.69) is 75.7 Å². The second-order valence-electron chi connectivity index (χ2n) is 8.14. The lowest BCUT2D eigenvalue weighted by Gasteiger charge is -2.14. The molecule has 0 saturated carbocycles. The molecular formula is C26H20Br4ClN3O2. The van der Waals surface area contributed by atoms with E-state index in [-0.39, 0.29) is 11.5 Å². The third-order valence-corrected chi connectivity index (χ3v) is 8.21. The molecule has 0 unspecified atom stereocenters. The molecule has 1 heterocycles. The first kappa shape index (κ1) is 27.5. The van der Waals surface area contributed by atoms with Crippen LogP contribution in [-0.4, -0.2) is 15.9 Å². The molecule has 0 aliphatic carbocycles. The number of aromatic nitrogens is 2. The van der Waals surface area contributed by atoms with Crippen LogP contribution >= 0.6 is 75.3 Å². The fraction of sp³-hybridized carbons (Fsp3) is 0.192. The van der Waals surface area contributed by atoms with E-state index in [4.69, 9.17) is 21.3 Å². The molecule has 0 radical (unpaired) electrons. The Morgan fingerprint density at radius 2 is 1.78 bits per heavy atom. The van der Waals surface area contributed by atoms with Crippen LogP contribution in [0, 0.1) is 0 Å². The van der Waals surface area contributed by atoms with E-state index in [0.717, 1.165) is 25.4 Å². The maximum Gasteiger partial charge on any atom is 0.282 e. The van der Waals surface area contributed by atoms with Gasteiger partial charge in [0.2, 0.25) is 0 Å². The summed E-state index contributed by atoms with van der Waals surface area (Å²) in [5.74, 6) is 1.18. The van der Waals surface area contributed by atoms with Gasteiger partial charge in [0, 0.05) is 24.9 Å². The number of fused-ring (bicyclic) bond motifs is 1. The lowest BCUT2D eigenvalue weighted by molar-refractivity contribution is 0.303. The van der Waals surface area contributed by atoms with Gasteiger partial charge in [0.1, 0.15) is 12.4 Å². The van der Waals surface area contributed by atoms with Crippen molar-refractivity contribution in [1.29, 1.82) is 0 Å². The molecule has 4 rings (SSSR count). The summed E-state index contributed by atoms with van der Waals surface area (Å²) >= 11 is 20.5. The summed E-state index contributed by atoms with van der Waals surface area (Å²) < 4.78 is 10.8. The van der Waals surface area contributed by atoms with Gasteiger partial charge in [0.25, 0.3) is 5.56 Å². The van der Waals surface area contributed by atoms with Crippen LogP contribution in [0.3, 0.4) is 0 Å². The highest BCUT2D eigenvalue weighted by molar-refractivity contribution is 9.11. The number of rotatable bonds is 7. The number of hydrogen-bond donors (Lipinski definition) is 0. The van der Waals surface area contributed by atoms with Crippen LogP contribution in [0.15, 0.2) is 76.3 Å². The van der Waals surface area contributed by atoms with Gasteiger partial charge >= 0.3 is 0 Å². The fourth-order valence-corrected chi connectivity index (χ4v) is 6.00. The van der Waals surface area contributed by atoms with Crippen LogP contribution in [0.4, 0.5) is 0 Å². The highest BCUT2D eigenvalue weighted by Gasteiger charge is 2.16. The molecule has 0 fully saturated rings. The van der Waals surface area contributed by atoms with E-state index in [1.54, 1.807) is 18.3 Å². The predicted molar refractivity (Wildman–Crippen MR) is 161 cm³/mol. The minimum absolute atomic E-state index is 0.0481. The van der Waals surface area contributed by atoms with Crippen molar-refractivity contribution in [3.05, 3.63) is 98.7 Å². The second-order valence-corrected chi connectivity index (χ2v) is 12.1. The Labute approximate surface area is 247 Å². The van der Waals surface area contributed by atoms with Crippen LogP contribution < -0.4 is 10.3 Å². The lowest BCUT2D eigenvalue weighted by atomic mass is 10.1. The Balaban J connectivity index is 1.66. The van der Waals surface area contributed by atoms with Crippen molar-refractivity contribution in [3.8, 4) is 5.75 Å². The van der Waals surface area contributed by atoms with Crippen LogP contribution in [0.2, 0.25) is 5.02 Å². The van der Waals surface area contributed by atoms with Crippen LogP contribution in [0.1, 0.15) is 43.1 Å². The molecule has 4 aromatic rings. The summed E-state index contributed by atoms with van der Waals surface area (Å²) in [4.78, 5) is 18.1. The Morgan fingerprint density at radius 3 is 2.47 bits per heavy atom. The largest absolute Gasteiger partial charge is 0.486 e. The maximum absolute atomic E-state index is 13.3. The summed E-state index contributed by atoms with van der Waals surface area (Å²) in [6.07, 6.45) is 2.42. The van der Waals surface area contributed by atoms with Gasteiger partial charge in [-0.05, 0) is 70.4 Å². The predicted octanol–water partition coefficient (Wildman–Crippen LogP) is 9.07. The average Bonchev–Trinajstić information content (AvgIpc) is 2.83. The summed E-state index contributed by atoms with van der Waals surface area (Å²) in [6.45, 7) is 4.42. The second kappa shape index (κ2) is 11.9. The topological polar surface area (TPSA) is 56.5 Å². The molecule has 0 aliphatic heterocycles. The Morgan fingerprint density at radius 1 is 1.06 bits per heavy atom. The third-order valence-electron chi connectivity index (χ3n) is 5.62.